The van der Waals surface area contributed by atoms with Crippen molar-refractivity contribution >= 4 is 22.3 Å². The first-order valence-corrected chi connectivity index (χ1v) is 9.27. The Kier molecular flexibility index (Phi) is 3.91. The first-order valence-electron chi connectivity index (χ1n) is 9.27. The SMILES string of the molecule is Cc1cc(F)c2nc(-c3cc4ccc(N[C@@H]5CCNC5)cc4oc3=O)cn2c1. The fourth-order valence-electron chi connectivity index (χ4n) is 3.71. The molecular formula is C21H19FN4O2. The van der Waals surface area contributed by atoms with Crippen molar-refractivity contribution in [2.75, 3.05) is 18.4 Å². The third kappa shape index (κ3) is 2.93. The minimum Gasteiger partial charge on any atom is -0.422 e. The van der Waals surface area contributed by atoms with Crippen molar-refractivity contribution in [3.63, 3.8) is 0 Å². The molecular weight excluding hydrogens is 359 g/mol. The highest BCUT2D eigenvalue weighted by atomic mass is 19.1. The van der Waals surface area contributed by atoms with Crippen LogP contribution in [0.5, 0.6) is 0 Å². The highest BCUT2D eigenvalue weighted by Gasteiger charge is 2.16. The van der Waals surface area contributed by atoms with Gasteiger partial charge >= 0.3 is 5.63 Å². The van der Waals surface area contributed by atoms with Gasteiger partial charge in [-0.2, -0.15) is 0 Å². The molecule has 0 aliphatic carbocycles. The number of anilines is 1. The van der Waals surface area contributed by atoms with Gasteiger partial charge in [0.15, 0.2) is 11.5 Å². The molecule has 5 rings (SSSR count). The Morgan fingerprint density at radius 3 is 3.00 bits per heavy atom. The number of halogens is 1. The summed E-state index contributed by atoms with van der Waals surface area (Å²) in [5, 5.41) is 7.55. The lowest BCUT2D eigenvalue weighted by Gasteiger charge is -2.13. The third-order valence-electron chi connectivity index (χ3n) is 5.09. The molecule has 7 heteroatoms. The molecule has 0 spiro atoms. The van der Waals surface area contributed by atoms with E-state index in [2.05, 4.69) is 15.6 Å². The van der Waals surface area contributed by atoms with Gasteiger partial charge in [0.2, 0.25) is 0 Å². The zero-order chi connectivity index (χ0) is 19.3. The molecule has 1 saturated heterocycles. The summed E-state index contributed by atoms with van der Waals surface area (Å²) in [4.78, 5) is 16.9. The van der Waals surface area contributed by atoms with E-state index < -0.39 is 11.4 Å². The number of hydrogen-bond donors (Lipinski definition) is 2. The van der Waals surface area contributed by atoms with Gasteiger partial charge in [0.25, 0.3) is 0 Å². The molecule has 3 aromatic heterocycles. The highest BCUT2D eigenvalue weighted by molar-refractivity contribution is 5.84. The second-order valence-corrected chi connectivity index (χ2v) is 7.26. The Bertz CT molecular complexity index is 1250. The van der Waals surface area contributed by atoms with Crippen LogP contribution in [0.4, 0.5) is 10.1 Å². The number of nitrogens with one attached hydrogen (secondary N) is 2. The van der Waals surface area contributed by atoms with E-state index in [1.807, 2.05) is 18.2 Å². The smallest absolute Gasteiger partial charge is 0.345 e. The largest absolute Gasteiger partial charge is 0.422 e. The number of fused-ring (bicyclic) bond motifs is 2. The normalized spacial score (nSPS) is 16.9. The predicted octanol–water partition coefficient (Wildman–Crippen LogP) is 3.33. The number of nitrogens with zero attached hydrogens (tertiary/aromatic N) is 2. The van der Waals surface area contributed by atoms with Gasteiger partial charge in [0.1, 0.15) is 5.58 Å². The molecule has 0 radical (unpaired) electrons. The molecule has 28 heavy (non-hydrogen) atoms. The molecule has 1 aliphatic rings. The van der Waals surface area contributed by atoms with Gasteiger partial charge < -0.3 is 19.5 Å². The van der Waals surface area contributed by atoms with E-state index in [0.29, 0.717) is 22.9 Å². The van der Waals surface area contributed by atoms with Crippen LogP contribution in [0.3, 0.4) is 0 Å². The number of aryl methyl sites for hydroxylation is 1. The third-order valence-corrected chi connectivity index (χ3v) is 5.09. The summed E-state index contributed by atoms with van der Waals surface area (Å²) in [6.07, 6.45) is 4.48. The van der Waals surface area contributed by atoms with E-state index in [1.54, 1.807) is 29.8 Å². The lowest BCUT2D eigenvalue weighted by atomic mass is 10.1. The summed E-state index contributed by atoms with van der Waals surface area (Å²) in [6, 6.07) is 9.26. The number of benzene rings is 1. The van der Waals surface area contributed by atoms with Crippen LogP contribution >= 0.6 is 0 Å². The van der Waals surface area contributed by atoms with Crippen LogP contribution in [-0.4, -0.2) is 28.5 Å². The van der Waals surface area contributed by atoms with Crippen LogP contribution in [0.15, 0.2) is 51.9 Å². The lowest BCUT2D eigenvalue weighted by molar-refractivity contribution is 0.563. The number of imidazole rings is 1. The van der Waals surface area contributed by atoms with Crippen LogP contribution in [0.2, 0.25) is 0 Å². The van der Waals surface area contributed by atoms with Crippen molar-refractivity contribution in [2.45, 2.75) is 19.4 Å². The van der Waals surface area contributed by atoms with Crippen molar-refractivity contribution in [2.24, 2.45) is 0 Å². The molecule has 1 fully saturated rings. The Hall–Kier alpha value is -3.19. The molecule has 1 aliphatic heterocycles. The van der Waals surface area contributed by atoms with E-state index in [4.69, 9.17) is 4.42 Å². The van der Waals surface area contributed by atoms with Crippen molar-refractivity contribution < 1.29 is 8.81 Å². The molecule has 142 valence electrons. The highest BCUT2D eigenvalue weighted by Crippen LogP contribution is 2.25. The summed E-state index contributed by atoms with van der Waals surface area (Å²) in [7, 11) is 0. The maximum absolute atomic E-state index is 14.1. The predicted molar refractivity (Wildman–Crippen MR) is 106 cm³/mol. The average molecular weight is 378 g/mol. The Morgan fingerprint density at radius 1 is 1.29 bits per heavy atom. The summed E-state index contributed by atoms with van der Waals surface area (Å²) in [5.41, 5.74) is 2.60. The molecule has 0 amide bonds. The van der Waals surface area contributed by atoms with Crippen molar-refractivity contribution in [1.29, 1.82) is 0 Å². The van der Waals surface area contributed by atoms with Crippen molar-refractivity contribution in [3.8, 4) is 11.3 Å². The molecule has 0 unspecified atom stereocenters. The topological polar surface area (TPSA) is 71.6 Å². The molecule has 4 heterocycles. The monoisotopic (exact) mass is 378 g/mol. The van der Waals surface area contributed by atoms with Gasteiger partial charge in [-0.1, -0.05) is 0 Å². The van der Waals surface area contributed by atoms with Gasteiger partial charge in [-0.3, -0.25) is 0 Å². The number of rotatable bonds is 3. The van der Waals surface area contributed by atoms with Gasteiger partial charge in [-0.15, -0.1) is 0 Å². The molecule has 1 atom stereocenters. The molecule has 4 aromatic rings. The van der Waals surface area contributed by atoms with E-state index in [1.165, 1.54) is 6.07 Å². The first kappa shape index (κ1) is 16.9. The van der Waals surface area contributed by atoms with Crippen LogP contribution in [-0.2, 0) is 0 Å². The van der Waals surface area contributed by atoms with Crippen LogP contribution < -0.4 is 16.3 Å². The summed E-state index contributed by atoms with van der Waals surface area (Å²) >= 11 is 0. The summed E-state index contributed by atoms with van der Waals surface area (Å²) < 4.78 is 21.3. The minimum atomic E-state index is -0.493. The minimum absolute atomic E-state index is 0.185. The van der Waals surface area contributed by atoms with Gasteiger partial charge in [-0.05, 0) is 49.7 Å². The average Bonchev–Trinajstić information content (AvgIpc) is 3.30. The van der Waals surface area contributed by atoms with Gasteiger partial charge in [-0.25, -0.2) is 14.2 Å². The molecule has 1 aromatic carbocycles. The molecule has 2 N–H and O–H groups in total. The van der Waals surface area contributed by atoms with Crippen LogP contribution in [0.1, 0.15) is 12.0 Å². The Labute approximate surface area is 160 Å². The molecule has 0 bridgehead atoms. The number of aromatic nitrogens is 2. The Morgan fingerprint density at radius 2 is 2.18 bits per heavy atom. The van der Waals surface area contributed by atoms with Crippen molar-refractivity contribution in [1.82, 2.24) is 14.7 Å². The maximum atomic E-state index is 14.1. The van der Waals surface area contributed by atoms with E-state index in [0.717, 1.165) is 36.1 Å². The lowest BCUT2D eigenvalue weighted by Crippen LogP contribution is -2.21. The maximum Gasteiger partial charge on any atom is 0.345 e. The van der Waals surface area contributed by atoms with E-state index in [9.17, 15) is 9.18 Å². The summed E-state index contributed by atoms with van der Waals surface area (Å²) in [5.74, 6) is -0.423. The molecule has 0 saturated carbocycles. The summed E-state index contributed by atoms with van der Waals surface area (Å²) in [6.45, 7) is 3.73. The first-order chi connectivity index (χ1) is 13.6. The zero-order valence-corrected chi connectivity index (χ0v) is 15.3. The Balaban J connectivity index is 1.56. The number of pyridine rings is 1. The fraction of sp³-hybridized carbons (Fsp3) is 0.238. The van der Waals surface area contributed by atoms with Gasteiger partial charge in [0, 0.05) is 42.1 Å². The van der Waals surface area contributed by atoms with Crippen LogP contribution in [0.25, 0.3) is 27.9 Å². The standard InChI is InChI=1S/C21H19FN4O2/c1-12-6-17(22)20-25-18(11-26(20)10-12)16-7-13-2-3-14(8-19(13)28-21(16)27)24-15-4-5-23-9-15/h2-3,6-8,10-11,15,23-24H,4-5,9H2,1H3/t15-/m1/s1. The second kappa shape index (κ2) is 6.45. The quantitative estimate of drug-likeness (QED) is 0.535. The molecule has 6 nitrogen and oxygen atoms in total. The van der Waals surface area contributed by atoms with Crippen molar-refractivity contribution in [3.05, 3.63) is 64.5 Å². The van der Waals surface area contributed by atoms with E-state index >= 15 is 0 Å². The van der Waals surface area contributed by atoms with Gasteiger partial charge in [0.05, 0.1) is 11.3 Å². The zero-order valence-electron chi connectivity index (χ0n) is 15.3. The number of hydrogen-bond acceptors (Lipinski definition) is 5. The fourth-order valence-corrected chi connectivity index (χ4v) is 3.71. The van der Waals surface area contributed by atoms with Crippen LogP contribution in [0, 0.1) is 12.7 Å². The van der Waals surface area contributed by atoms with E-state index in [-0.39, 0.29) is 5.65 Å². The second-order valence-electron chi connectivity index (χ2n) is 7.26.